The van der Waals surface area contributed by atoms with Gasteiger partial charge in [-0.3, -0.25) is 9.59 Å². The average molecular weight is 452 g/mol. The summed E-state index contributed by atoms with van der Waals surface area (Å²) in [5.41, 5.74) is 1.19. The maximum atomic E-state index is 13.6. The van der Waals surface area contributed by atoms with E-state index in [0.29, 0.717) is 44.9 Å². The van der Waals surface area contributed by atoms with Gasteiger partial charge in [-0.2, -0.15) is 0 Å². The maximum Gasteiger partial charge on any atom is 0.272 e. The maximum absolute atomic E-state index is 13.6. The molecule has 4 rings (SSSR count). The summed E-state index contributed by atoms with van der Waals surface area (Å²) in [5, 5.41) is 0. The lowest BCUT2D eigenvalue weighted by molar-refractivity contribution is -0.119. The van der Waals surface area contributed by atoms with Crippen LogP contribution in [0.3, 0.4) is 0 Å². The summed E-state index contributed by atoms with van der Waals surface area (Å²) in [4.78, 5) is 28.6. The highest BCUT2D eigenvalue weighted by Crippen LogP contribution is 2.43. The average Bonchev–Trinajstić information content (AvgIpc) is 3.42. The van der Waals surface area contributed by atoms with Crippen LogP contribution in [-0.4, -0.2) is 33.1 Å². The third-order valence-corrected chi connectivity index (χ3v) is 6.05. The number of thioether (sulfide) groups is 1. The second-order valence-corrected chi connectivity index (χ2v) is 7.77. The number of nitrogens with zero attached hydrogens (tertiary/aromatic N) is 1. The van der Waals surface area contributed by atoms with E-state index in [4.69, 9.17) is 18.6 Å². The van der Waals surface area contributed by atoms with Gasteiger partial charge in [0.05, 0.1) is 49.5 Å². The summed E-state index contributed by atoms with van der Waals surface area (Å²) < 4.78 is 21.5. The van der Waals surface area contributed by atoms with Gasteiger partial charge < -0.3 is 18.6 Å². The Morgan fingerprint density at radius 3 is 2.22 bits per heavy atom. The highest BCUT2D eigenvalue weighted by Gasteiger charge is 2.41. The molecule has 0 fully saturated rings. The molecule has 0 unspecified atom stereocenters. The van der Waals surface area contributed by atoms with Crippen molar-refractivity contribution in [2.45, 2.75) is 5.75 Å². The SMILES string of the molecule is COc1cc(OC)cc(N2C(=O)C(SCc3ccco3)=C(c3ccccc3OC)C2=O)c1. The molecule has 0 N–H and O–H groups in total. The minimum absolute atomic E-state index is 0.283. The number of anilines is 1. The lowest BCUT2D eigenvalue weighted by atomic mass is 10.0. The smallest absolute Gasteiger partial charge is 0.272 e. The molecule has 0 spiro atoms. The van der Waals surface area contributed by atoms with E-state index in [-0.39, 0.29) is 5.57 Å². The van der Waals surface area contributed by atoms with E-state index in [2.05, 4.69) is 0 Å². The topological polar surface area (TPSA) is 78.2 Å². The number of ether oxygens (including phenoxy) is 3. The number of rotatable bonds is 8. The Kier molecular flexibility index (Phi) is 6.23. The highest BCUT2D eigenvalue weighted by molar-refractivity contribution is 8.03. The highest BCUT2D eigenvalue weighted by atomic mass is 32.2. The Bertz CT molecular complexity index is 1160. The summed E-state index contributed by atoms with van der Waals surface area (Å²) >= 11 is 1.25. The van der Waals surface area contributed by atoms with Crippen LogP contribution < -0.4 is 19.1 Å². The standard InChI is InChI=1S/C24H21NO6S/c1-28-17-11-15(12-18(13-17)29-2)25-23(26)21(19-8-4-5-9-20(19)30-3)22(24(25)27)32-14-16-7-6-10-31-16/h4-13H,14H2,1-3H3. The predicted octanol–water partition coefficient (Wildman–Crippen LogP) is 4.52. The van der Waals surface area contributed by atoms with Crippen LogP contribution in [0.15, 0.2) is 70.2 Å². The molecule has 0 saturated heterocycles. The molecule has 3 aromatic rings. The van der Waals surface area contributed by atoms with Crippen molar-refractivity contribution in [2.24, 2.45) is 0 Å². The molecule has 0 aliphatic carbocycles. The minimum Gasteiger partial charge on any atom is -0.497 e. The van der Waals surface area contributed by atoms with Crippen molar-refractivity contribution in [1.82, 2.24) is 0 Å². The molecule has 8 heteroatoms. The summed E-state index contributed by atoms with van der Waals surface area (Å²) in [5.74, 6) is 1.66. The lowest BCUT2D eigenvalue weighted by Gasteiger charge is -2.17. The van der Waals surface area contributed by atoms with Gasteiger partial charge in [0.2, 0.25) is 0 Å². The monoisotopic (exact) mass is 451 g/mol. The first kappa shape index (κ1) is 21.6. The van der Waals surface area contributed by atoms with E-state index in [1.54, 1.807) is 48.7 Å². The van der Waals surface area contributed by atoms with Crippen LogP contribution in [0, 0.1) is 0 Å². The van der Waals surface area contributed by atoms with Crippen LogP contribution in [0.25, 0.3) is 5.57 Å². The Morgan fingerprint density at radius 1 is 0.875 bits per heavy atom. The van der Waals surface area contributed by atoms with Crippen LogP contribution in [0.1, 0.15) is 11.3 Å². The molecule has 0 atom stereocenters. The van der Waals surface area contributed by atoms with Crippen LogP contribution in [0.2, 0.25) is 0 Å². The quantitative estimate of drug-likeness (QED) is 0.466. The number of imide groups is 1. The summed E-state index contributed by atoms with van der Waals surface area (Å²) in [6.45, 7) is 0. The van der Waals surface area contributed by atoms with Gasteiger partial charge in [-0.05, 0) is 18.2 Å². The number of methoxy groups -OCH3 is 3. The zero-order valence-corrected chi connectivity index (χ0v) is 18.6. The molecule has 164 valence electrons. The number of furan rings is 1. The number of amides is 2. The van der Waals surface area contributed by atoms with Gasteiger partial charge in [0, 0.05) is 23.8 Å². The van der Waals surface area contributed by atoms with Crippen LogP contribution in [-0.2, 0) is 15.3 Å². The zero-order valence-electron chi connectivity index (χ0n) is 17.8. The van der Waals surface area contributed by atoms with Gasteiger partial charge >= 0.3 is 0 Å². The molecule has 2 heterocycles. The van der Waals surface area contributed by atoms with E-state index in [1.165, 1.54) is 33.1 Å². The summed E-state index contributed by atoms with van der Waals surface area (Å²) in [6, 6.07) is 15.7. The molecular weight excluding hydrogens is 430 g/mol. The first-order valence-corrected chi connectivity index (χ1v) is 10.7. The van der Waals surface area contributed by atoms with Crippen LogP contribution >= 0.6 is 11.8 Å². The Morgan fingerprint density at radius 2 is 1.59 bits per heavy atom. The van der Waals surface area contributed by atoms with Crippen molar-refractivity contribution < 1.29 is 28.2 Å². The number of carbonyl (C=O) groups is 2. The molecule has 2 aromatic carbocycles. The molecule has 1 aliphatic heterocycles. The fourth-order valence-corrected chi connectivity index (χ4v) is 4.43. The fourth-order valence-electron chi connectivity index (χ4n) is 3.43. The number of carbonyl (C=O) groups excluding carboxylic acids is 2. The van der Waals surface area contributed by atoms with Crippen molar-refractivity contribution in [3.05, 3.63) is 77.1 Å². The van der Waals surface area contributed by atoms with E-state index in [0.717, 1.165) is 4.90 Å². The normalized spacial score (nSPS) is 13.7. The van der Waals surface area contributed by atoms with Gasteiger partial charge in [-0.15, -0.1) is 11.8 Å². The molecule has 0 saturated carbocycles. The number of benzene rings is 2. The third-order valence-electron chi connectivity index (χ3n) is 4.95. The van der Waals surface area contributed by atoms with Gasteiger partial charge in [0.25, 0.3) is 11.8 Å². The Hall–Kier alpha value is -3.65. The third kappa shape index (κ3) is 3.97. The molecule has 32 heavy (non-hydrogen) atoms. The zero-order chi connectivity index (χ0) is 22.7. The van der Waals surface area contributed by atoms with Gasteiger partial charge in [0.1, 0.15) is 23.0 Å². The van der Waals surface area contributed by atoms with Crippen molar-refractivity contribution in [3.63, 3.8) is 0 Å². The lowest BCUT2D eigenvalue weighted by Crippen LogP contribution is -2.31. The first-order chi connectivity index (χ1) is 15.6. The van der Waals surface area contributed by atoms with Crippen molar-refractivity contribution in [2.75, 3.05) is 26.2 Å². The Balaban J connectivity index is 1.81. The molecule has 7 nitrogen and oxygen atoms in total. The second-order valence-electron chi connectivity index (χ2n) is 6.79. The molecule has 0 bridgehead atoms. The van der Waals surface area contributed by atoms with E-state index in [9.17, 15) is 9.59 Å². The predicted molar refractivity (Wildman–Crippen MR) is 122 cm³/mol. The molecule has 0 radical (unpaired) electrons. The van der Waals surface area contributed by atoms with Crippen LogP contribution in [0.4, 0.5) is 5.69 Å². The second kappa shape index (κ2) is 9.23. The molecular formula is C24H21NO6S. The fraction of sp³-hybridized carbons (Fsp3) is 0.167. The minimum atomic E-state index is -0.447. The van der Waals surface area contributed by atoms with Crippen molar-refractivity contribution in [1.29, 1.82) is 0 Å². The largest absolute Gasteiger partial charge is 0.497 e. The number of hydrogen-bond acceptors (Lipinski definition) is 7. The summed E-state index contributed by atoms with van der Waals surface area (Å²) in [6.07, 6.45) is 1.57. The molecule has 1 aliphatic rings. The number of para-hydroxylation sites is 1. The number of hydrogen-bond donors (Lipinski definition) is 0. The van der Waals surface area contributed by atoms with Crippen LogP contribution in [0.5, 0.6) is 17.2 Å². The summed E-state index contributed by atoms with van der Waals surface area (Å²) in [7, 11) is 4.55. The van der Waals surface area contributed by atoms with Crippen molar-refractivity contribution in [3.8, 4) is 17.2 Å². The molecule has 1 aromatic heterocycles. The molecule has 2 amide bonds. The van der Waals surface area contributed by atoms with E-state index >= 15 is 0 Å². The van der Waals surface area contributed by atoms with Crippen molar-refractivity contribution >= 4 is 34.8 Å². The van der Waals surface area contributed by atoms with Gasteiger partial charge in [-0.25, -0.2) is 4.90 Å². The Labute approximate surface area is 189 Å². The van der Waals surface area contributed by atoms with Gasteiger partial charge in [0.15, 0.2) is 0 Å². The van der Waals surface area contributed by atoms with Gasteiger partial charge in [-0.1, -0.05) is 18.2 Å². The van der Waals surface area contributed by atoms with E-state index in [1.807, 2.05) is 12.1 Å². The first-order valence-electron chi connectivity index (χ1n) is 9.72. The van der Waals surface area contributed by atoms with E-state index < -0.39 is 11.8 Å².